The standard InChI is InChI=1S/C15H11NO2S2/c1-2-13-14(18-5-4-17-13)7-10(1)12-9-20-15(16-12)11-3-6-19-8-11/h1-3,6-9H,4-5H2. The second-order valence-corrected chi connectivity index (χ2v) is 6.05. The molecule has 0 atom stereocenters. The van der Waals surface area contributed by atoms with Gasteiger partial charge in [-0.2, -0.15) is 11.3 Å². The van der Waals surface area contributed by atoms with Crippen LogP contribution in [0.4, 0.5) is 0 Å². The van der Waals surface area contributed by atoms with Crippen LogP contribution in [0.25, 0.3) is 21.8 Å². The molecule has 0 fully saturated rings. The fourth-order valence-electron chi connectivity index (χ4n) is 2.13. The van der Waals surface area contributed by atoms with Crippen molar-refractivity contribution in [3.8, 4) is 33.3 Å². The maximum Gasteiger partial charge on any atom is 0.162 e. The molecule has 100 valence electrons. The van der Waals surface area contributed by atoms with Crippen LogP contribution < -0.4 is 9.47 Å². The number of aromatic nitrogens is 1. The Labute approximate surface area is 124 Å². The first-order valence-corrected chi connectivity index (χ1v) is 8.10. The van der Waals surface area contributed by atoms with Crippen LogP contribution in [0.2, 0.25) is 0 Å². The molecule has 3 heterocycles. The molecule has 0 N–H and O–H groups in total. The van der Waals surface area contributed by atoms with Gasteiger partial charge in [0.2, 0.25) is 0 Å². The van der Waals surface area contributed by atoms with E-state index in [9.17, 15) is 0 Å². The summed E-state index contributed by atoms with van der Waals surface area (Å²) in [6, 6.07) is 8.07. The van der Waals surface area contributed by atoms with Crippen molar-refractivity contribution >= 4 is 22.7 Å². The van der Waals surface area contributed by atoms with Crippen LogP contribution in [0.1, 0.15) is 0 Å². The molecule has 5 heteroatoms. The van der Waals surface area contributed by atoms with Gasteiger partial charge in [-0.05, 0) is 29.6 Å². The number of thiophene rings is 1. The summed E-state index contributed by atoms with van der Waals surface area (Å²) in [6.07, 6.45) is 0. The lowest BCUT2D eigenvalue weighted by atomic mass is 10.1. The van der Waals surface area contributed by atoms with Gasteiger partial charge in [0.1, 0.15) is 18.2 Å². The van der Waals surface area contributed by atoms with Crippen molar-refractivity contribution in [3.63, 3.8) is 0 Å². The van der Waals surface area contributed by atoms with Crippen LogP contribution >= 0.6 is 22.7 Å². The molecule has 0 aliphatic carbocycles. The average Bonchev–Trinajstić information content (AvgIpc) is 3.17. The molecule has 1 aromatic carbocycles. The zero-order valence-electron chi connectivity index (χ0n) is 10.5. The molecule has 4 rings (SSSR count). The van der Waals surface area contributed by atoms with Gasteiger partial charge in [-0.3, -0.25) is 0 Å². The van der Waals surface area contributed by atoms with E-state index in [-0.39, 0.29) is 0 Å². The van der Waals surface area contributed by atoms with Crippen molar-refractivity contribution in [1.29, 1.82) is 0 Å². The highest BCUT2D eigenvalue weighted by Gasteiger charge is 2.14. The lowest BCUT2D eigenvalue weighted by Gasteiger charge is -2.18. The van der Waals surface area contributed by atoms with E-state index in [4.69, 9.17) is 14.5 Å². The van der Waals surface area contributed by atoms with Gasteiger partial charge >= 0.3 is 0 Å². The second-order valence-electron chi connectivity index (χ2n) is 4.41. The summed E-state index contributed by atoms with van der Waals surface area (Å²) in [5, 5.41) is 7.32. The number of hydrogen-bond acceptors (Lipinski definition) is 5. The summed E-state index contributed by atoms with van der Waals surface area (Å²) in [4.78, 5) is 4.70. The molecule has 20 heavy (non-hydrogen) atoms. The minimum atomic E-state index is 0.605. The molecule has 0 bridgehead atoms. The van der Waals surface area contributed by atoms with Crippen molar-refractivity contribution in [2.24, 2.45) is 0 Å². The molecule has 0 unspecified atom stereocenters. The Bertz CT molecular complexity index is 734. The minimum absolute atomic E-state index is 0.605. The van der Waals surface area contributed by atoms with Gasteiger partial charge < -0.3 is 9.47 Å². The van der Waals surface area contributed by atoms with Crippen molar-refractivity contribution in [1.82, 2.24) is 4.98 Å². The van der Waals surface area contributed by atoms with Gasteiger partial charge in [-0.15, -0.1) is 11.3 Å². The summed E-state index contributed by atoms with van der Waals surface area (Å²) < 4.78 is 11.2. The Hall–Kier alpha value is -1.85. The molecule has 1 aliphatic heterocycles. The second kappa shape index (κ2) is 4.92. The Morgan fingerprint density at radius 2 is 1.85 bits per heavy atom. The van der Waals surface area contributed by atoms with Crippen LogP contribution in [0.15, 0.2) is 40.4 Å². The normalized spacial score (nSPS) is 13.4. The lowest BCUT2D eigenvalue weighted by molar-refractivity contribution is 0.171. The average molecular weight is 301 g/mol. The molecule has 0 saturated heterocycles. The molecule has 3 aromatic rings. The van der Waals surface area contributed by atoms with E-state index in [1.807, 2.05) is 18.2 Å². The van der Waals surface area contributed by atoms with Gasteiger partial charge in [-0.1, -0.05) is 0 Å². The van der Waals surface area contributed by atoms with Crippen LogP contribution in [0, 0.1) is 0 Å². The monoisotopic (exact) mass is 301 g/mol. The largest absolute Gasteiger partial charge is 0.486 e. The Kier molecular flexibility index (Phi) is 2.94. The predicted molar refractivity (Wildman–Crippen MR) is 81.9 cm³/mol. The van der Waals surface area contributed by atoms with E-state index in [0.717, 1.165) is 27.8 Å². The third kappa shape index (κ3) is 2.09. The summed E-state index contributed by atoms with van der Waals surface area (Å²) in [7, 11) is 0. The lowest BCUT2D eigenvalue weighted by Crippen LogP contribution is -2.15. The molecule has 0 radical (unpaired) electrons. The van der Waals surface area contributed by atoms with Crippen molar-refractivity contribution in [2.45, 2.75) is 0 Å². The topological polar surface area (TPSA) is 31.4 Å². The van der Waals surface area contributed by atoms with Crippen molar-refractivity contribution < 1.29 is 9.47 Å². The number of ether oxygens (including phenoxy) is 2. The number of thiazole rings is 1. The molecular formula is C15H11NO2S2. The van der Waals surface area contributed by atoms with Crippen molar-refractivity contribution in [2.75, 3.05) is 13.2 Å². The van der Waals surface area contributed by atoms with Gasteiger partial charge in [0.25, 0.3) is 0 Å². The van der Waals surface area contributed by atoms with E-state index in [1.165, 1.54) is 5.56 Å². The molecule has 2 aromatic heterocycles. The number of hydrogen-bond donors (Lipinski definition) is 0. The Morgan fingerprint density at radius 1 is 0.950 bits per heavy atom. The summed E-state index contributed by atoms with van der Waals surface area (Å²) in [5.41, 5.74) is 3.23. The highest BCUT2D eigenvalue weighted by molar-refractivity contribution is 7.14. The van der Waals surface area contributed by atoms with Crippen LogP contribution in [0.5, 0.6) is 11.5 Å². The van der Waals surface area contributed by atoms with E-state index >= 15 is 0 Å². The highest BCUT2D eigenvalue weighted by Crippen LogP contribution is 2.36. The zero-order valence-corrected chi connectivity index (χ0v) is 12.2. The maximum atomic E-state index is 5.62. The van der Waals surface area contributed by atoms with E-state index in [1.54, 1.807) is 22.7 Å². The number of fused-ring (bicyclic) bond motifs is 1. The van der Waals surface area contributed by atoms with Crippen LogP contribution in [0.3, 0.4) is 0 Å². The van der Waals surface area contributed by atoms with Gasteiger partial charge in [-0.25, -0.2) is 4.98 Å². The fraction of sp³-hybridized carbons (Fsp3) is 0.133. The van der Waals surface area contributed by atoms with Crippen LogP contribution in [-0.4, -0.2) is 18.2 Å². The quantitative estimate of drug-likeness (QED) is 0.707. The first-order chi connectivity index (χ1) is 9.90. The highest BCUT2D eigenvalue weighted by atomic mass is 32.1. The summed E-state index contributed by atoms with van der Waals surface area (Å²) in [6.45, 7) is 1.22. The molecule has 0 amide bonds. The fourth-order valence-corrected chi connectivity index (χ4v) is 3.67. The van der Waals surface area contributed by atoms with E-state index in [2.05, 4.69) is 22.2 Å². The molecule has 0 saturated carbocycles. The SMILES string of the molecule is c1cc(-c2nc(-c3ccc4c(c3)OCCO4)cs2)cs1. The zero-order chi connectivity index (χ0) is 13.4. The number of rotatable bonds is 2. The smallest absolute Gasteiger partial charge is 0.162 e. The first-order valence-electron chi connectivity index (χ1n) is 6.28. The summed E-state index contributed by atoms with van der Waals surface area (Å²) >= 11 is 3.35. The number of nitrogens with zero attached hydrogens (tertiary/aromatic N) is 1. The maximum absolute atomic E-state index is 5.62. The third-order valence-corrected chi connectivity index (χ3v) is 4.68. The van der Waals surface area contributed by atoms with Gasteiger partial charge in [0.05, 0.1) is 5.69 Å². The first kappa shape index (κ1) is 11.9. The van der Waals surface area contributed by atoms with Crippen molar-refractivity contribution in [3.05, 3.63) is 40.4 Å². The third-order valence-electron chi connectivity index (χ3n) is 3.11. The number of benzene rings is 1. The minimum Gasteiger partial charge on any atom is -0.486 e. The van der Waals surface area contributed by atoms with E-state index in [0.29, 0.717) is 13.2 Å². The summed E-state index contributed by atoms with van der Waals surface area (Å²) in [5.74, 6) is 1.62. The van der Waals surface area contributed by atoms with E-state index < -0.39 is 0 Å². The Morgan fingerprint density at radius 3 is 2.70 bits per heavy atom. The van der Waals surface area contributed by atoms with Gasteiger partial charge in [0.15, 0.2) is 11.5 Å². The molecule has 1 aliphatic rings. The molecule has 3 nitrogen and oxygen atoms in total. The molecule has 0 spiro atoms. The molecular weight excluding hydrogens is 290 g/mol. The Balaban J connectivity index is 1.71. The van der Waals surface area contributed by atoms with Crippen LogP contribution in [-0.2, 0) is 0 Å². The van der Waals surface area contributed by atoms with Gasteiger partial charge in [0, 0.05) is 21.9 Å². The predicted octanol–water partition coefficient (Wildman–Crippen LogP) is 4.31.